The van der Waals surface area contributed by atoms with Crippen molar-refractivity contribution in [2.75, 3.05) is 11.9 Å². The van der Waals surface area contributed by atoms with Gasteiger partial charge in [-0.25, -0.2) is 0 Å². The van der Waals surface area contributed by atoms with Crippen LogP contribution in [0.4, 0.5) is 18.9 Å². The van der Waals surface area contributed by atoms with Gasteiger partial charge in [-0.3, -0.25) is 9.59 Å². The van der Waals surface area contributed by atoms with Crippen molar-refractivity contribution < 1.29 is 27.9 Å². The van der Waals surface area contributed by atoms with Gasteiger partial charge in [0.2, 0.25) is 0 Å². The van der Waals surface area contributed by atoms with E-state index in [-0.39, 0.29) is 18.2 Å². The smallest absolute Gasteiger partial charge is 0.393 e. The lowest BCUT2D eigenvalue weighted by Crippen LogP contribution is -2.38. The highest BCUT2D eigenvalue weighted by Crippen LogP contribution is 2.30. The Hall–Kier alpha value is -2.09. The predicted octanol–water partition coefficient (Wildman–Crippen LogP) is 2.17. The minimum absolute atomic E-state index is 0.0414. The molecule has 0 aromatic heterocycles. The zero-order valence-electron chi connectivity index (χ0n) is 12.8. The standard InChI is InChI=1S/C15H19F3N2O3/c1-9(6-10(2)21)8-19-13(22)14(23)20-12-5-3-4-11(7-12)15(16,17)18/h3-5,7,9-10,21H,6,8H2,1-2H3,(H,19,22)(H,20,23). The normalized spacial score (nSPS) is 14.0. The Balaban J connectivity index is 2.57. The summed E-state index contributed by atoms with van der Waals surface area (Å²) in [6.45, 7) is 3.58. The van der Waals surface area contributed by atoms with Crippen molar-refractivity contribution in [3.8, 4) is 0 Å². The number of hydrogen-bond donors (Lipinski definition) is 3. The number of amides is 2. The molecule has 2 amide bonds. The first kappa shape index (κ1) is 19.0. The fraction of sp³-hybridized carbons (Fsp3) is 0.467. The molecule has 1 aromatic rings. The molecule has 0 bridgehead atoms. The van der Waals surface area contributed by atoms with Gasteiger partial charge in [-0.1, -0.05) is 13.0 Å². The Kier molecular flexibility index (Phi) is 6.56. The topological polar surface area (TPSA) is 78.4 Å². The fourth-order valence-electron chi connectivity index (χ4n) is 1.97. The Bertz CT molecular complexity index is 559. The van der Waals surface area contributed by atoms with Gasteiger partial charge in [-0.15, -0.1) is 0 Å². The molecule has 1 rings (SSSR count). The first-order chi connectivity index (χ1) is 10.6. The molecule has 3 N–H and O–H groups in total. The Morgan fingerprint density at radius 3 is 2.43 bits per heavy atom. The lowest BCUT2D eigenvalue weighted by Gasteiger charge is -2.14. The number of alkyl halides is 3. The van der Waals surface area contributed by atoms with Crippen molar-refractivity contribution in [3.05, 3.63) is 29.8 Å². The first-order valence-electron chi connectivity index (χ1n) is 7.04. The molecule has 0 aliphatic rings. The first-order valence-corrected chi connectivity index (χ1v) is 7.04. The number of benzene rings is 1. The van der Waals surface area contributed by atoms with Crippen LogP contribution in [0.2, 0.25) is 0 Å². The van der Waals surface area contributed by atoms with E-state index in [4.69, 9.17) is 0 Å². The molecular weight excluding hydrogens is 313 g/mol. The number of carbonyl (C=O) groups excluding carboxylic acids is 2. The van der Waals surface area contributed by atoms with Gasteiger partial charge < -0.3 is 15.7 Å². The predicted molar refractivity (Wildman–Crippen MR) is 78.5 cm³/mol. The molecular formula is C15H19F3N2O3. The van der Waals surface area contributed by atoms with E-state index in [2.05, 4.69) is 10.6 Å². The summed E-state index contributed by atoms with van der Waals surface area (Å²) in [5.41, 5.74) is -1.03. The molecule has 23 heavy (non-hydrogen) atoms. The molecule has 0 fully saturated rings. The molecule has 0 aliphatic heterocycles. The highest BCUT2D eigenvalue weighted by atomic mass is 19.4. The van der Waals surface area contributed by atoms with Gasteiger partial charge in [-0.2, -0.15) is 13.2 Å². The van der Waals surface area contributed by atoms with Crippen molar-refractivity contribution in [1.29, 1.82) is 0 Å². The molecule has 2 atom stereocenters. The van der Waals surface area contributed by atoms with E-state index < -0.39 is 29.7 Å². The van der Waals surface area contributed by atoms with E-state index in [9.17, 15) is 27.9 Å². The van der Waals surface area contributed by atoms with Crippen LogP contribution in [0.1, 0.15) is 25.8 Å². The minimum atomic E-state index is -4.53. The van der Waals surface area contributed by atoms with Gasteiger partial charge in [-0.05, 0) is 37.5 Å². The molecule has 0 radical (unpaired) electrons. The van der Waals surface area contributed by atoms with Crippen LogP contribution in [0.15, 0.2) is 24.3 Å². The van der Waals surface area contributed by atoms with Crippen LogP contribution >= 0.6 is 0 Å². The van der Waals surface area contributed by atoms with Crippen LogP contribution in [0.5, 0.6) is 0 Å². The number of anilines is 1. The summed E-state index contributed by atoms with van der Waals surface area (Å²) >= 11 is 0. The summed E-state index contributed by atoms with van der Waals surface area (Å²) in [6, 6.07) is 4.02. The van der Waals surface area contributed by atoms with Crippen LogP contribution < -0.4 is 10.6 Å². The highest BCUT2D eigenvalue weighted by molar-refractivity contribution is 6.39. The number of halogens is 3. The summed E-state index contributed by atoms with van der Waals surface area (Å²) in [6.07, 6.45) is -4.60. The Morgan fingerprint density at radius 1 is 1.22 bits per heavy atom. The largest absolute Gasteiger partial charge is 0.416 e. The average molecular weight is 332 g/mol. The second-order valence-electron chi connectivity index (χ2n) is 5.43. The summed E-state index contributed by atoms with van der Waals surface area (Å²) in [5.74, 6) is -2.03. The van der Waals surface area contributed by atoms with E-state index in [1.54, 1.807) is 13.8 Å². The second kappa shape index (κ2) is 7.96. The third kappa shape index (κ3) is 6.68. The van der Waals surface area contributed by atoms with Gasteiger partial charge in [0, 0.05) is 12.2 Å². The minimum Gasteiger partial charge on any atom is -0.393 e. The Morgan fingerprint density at radius 2 is 1.87 bits per heavy atom. The zero-order chi connectivity index (χ0) is 17.6. The lowest BCUT2D eigenvalue weighted by molar-refractivity contribution is -0.137. The number of aliphatic hydroxyl groups is 1. The molecule has 0 aliphatic carbocycles. The van der Waals surface area contributed by atoms with Gasteiger partial charge in [0.25, 0.3) is 0 Å². The molecule has 0 spiro atoms. The number of carbonyl (C=O) groups is 2. The highest BCUT2D eigenvalue weighted by Gasteiger charge is 2.30. The van der Waals surface area contributed by atoms with E-state index in [1.165, 1.54) is 6.07 Å². The summed E-state index contributed by atoms with van der Waals surface area (Å²) in [5, 5.41) is 13.7. The molecule has 128 valence electrons. The van der Waals surface area contributed by atoms with Crippen LogP contribution in [0, 0.1) is 5.92 Å². The van der Waals surface area contributed by atoms with Gasteiger partial charge >= 0.3 is 18.0 Å². The molecule has 0 saturated carbocycles. The monoisotopic (exact) mass is 332 g/mol. The number of aliphatic hydroxyl groups excluding tert-OH is 1. The number of hydrogen-bond acceptors (Lipinski definition) is 3. The quantitative estimate of drug-likeness (QED) is 0.723. The third-order valence-corrected chi connectivity index (χ3v) is 3.01. The molecule has 1 aromatic carbocycles. The van der Waals surface area contributed by atoms with Crippen LogP contribution in [0.25, 0.3) is 0 Å². The third-order valence-electron chi connectivity index (χ3n) is 3.01. The molecule has 8 heteroatoms. The summed E-state index contributed by atoms with van der Waals surface area (Å²) in [7, 11) is 0. The number of rotatable bonds is 5. The summed E-state index contributed by atoms with van der Waals surface area (Å²) < 4.78 is 37.7. The van der Waals surface area contributed by atoms with E-state index in [1.807, 2.05) is 0 Å². The van der Waals surface area contributed by atoms with E-state index in [0.29, 0.717) is 6.42 Å². The van der Waals surface area contributed by atoms with E-state index in [0.717, 1.165) is 18.2 Å². The lowest BCUT2D eigenvalue weighted by atomic mass is 10.0. The van der Waals surface area contributed by atoms with Crippen molar-refractivity contribution in [2.24, 2.45) is 5.92 Å². The van der Waals surface area contributed by atoms with Crippen molar-refractivity contribution in [3.63, 3.8) is 0 Å². The number of nitrogens with one attached hydrogen (secondary N) is 2. The zero-order valence-corrected chi connectivity index (χ0v) is 12.8. The van der Waals surface area contributed by atoms with Crippen molar-refractivity contribution in [1.82, 2.24) is 5.32 Å². The van der Waals surface area contributed by atoms with Crippen LogP contribution in [0.3, 0.4) is 0 Å². The molecule has 0 heterocycles. The maximum Gasteiger partial charge on any atom is 0.416 e. The summed E-state index contributed by atoms with van der Waals surface area (Å²) in [4.78, 5) is 23.3. The fourth-order valence-corrected chi connectivity index (χ4v) is 1.97. The maximum absolute atomic E-state index is 12.6. The molecule has 2 unspecified atom stereocenters. The SMILES string of the molecule is CC(O)CC(C)CNC(=O)C(=O)Nc1cccc(C(F)(F)F)c1. The molecule has 5 nitrogen and oxygen atoms in total. The van der Waals surface area contributed by atoms with Crippen LogP contribution in [-0.2, 0) is 15.8 Å². The van der Waals surface area contributed by atoms with Crippen molar-refractivity contribution >= 4 is 17.5 Å². The Labute approximate surface area is 131 Å². The van der Waals surface area contributed by atoms with Crippen LogP contribution in [-0.4, -0.2) is 29.6 Å². The van der Waals surface area contributed by atoms with E-state index >= 15 is 0 Å². The maximum atomic E-state index is 12.6. The molecule has 0 saturated heterocycles. The second-order valence-corrected chi connectivity index (χ2v) is 5.43. The van der Waals surface area contributed by atoms with Gasteiger partial charge in [0.1, 0.15) is 0 Å². The van der Waals surface area contributed by atoms with Crippen molar-refractivity contribution in [2.45, 2.75) is 32.5 Å². The van der Waals surface area contributed by atoms with Gasteiger partial charge in [0.15, 0.2) is 0 Å². The van der Waals surface area contributed by atoms with Gasteiger partial charge in [0.05, 0.1) is 11.7 Å². The average Bonchev–Trinajstić information content (AvgIpc) is 2.43.